The van der Waals surface area contributed by atoms with Crippen molar-refractivity contribution >= 4 is 16.0 Å². The summed E-state index contributed by atoms with van der Waals surface area (Å²) in [5, 5.41) is 8.48. The Morgan fingerprint density at radius 3 is 2.48 bits per heavy atom. The van der Waals surface area contributed by atoms with E-state index in [0.29, 0.717) is 19.0 Å². The summed E-state index contributed by atoms with van der Waals surface area (Å²) in [6.07, 6.45) is 1.64. The van der Waals surface area contributed by atoms with E-state index < -0.39 is 16.0 Å². The van der Waals surface area contributed by atoms with Crippen molar-refractivity contribution in [2.75, 3.05) is 13.1 Å². The molecule has 1 saturated heterocycles. The molecule has 2 rings (SSSR count). The molecule has 0 saturated carbocycles. The van der Waals surface area contributed by atoms with Crippen LogP contribution in [0.2, 0.25) is 0 Å². The Hall–Kier alpha value is -1.40. The lowest BCUT2D eigenvalue weighted by molar-refractivity contribution is 0.0697. The molecule has 1 aliphatic heterocycles. The summed E-state index contributed by atoms with van der Waals surface area (Å²) in [6.45, 7) is 4.54. The normalized spacial score (nSPS) is 20.0. The van der Waals surface area contributed by atoms with Crippen molar-refractivity contribution < 1.29 is 18.3 Å². The van der Waals surface area contributed by atoms with Gasteiger partial charge < -0.3 is 5.11 Å². The summed E-state index contributed by atoms with van der Waals surface area (Å²) in [7, 11) is -3.16. The SMILES string of the molecule is CC(C)S(=O)(=O)N1CCC(Cc2ccc(C(=O)O)cc2)C1. The molecule has 1 fully saturated rings. The minimum Gasteiger partial charge on any atom is -0.478 e. The van der Waals surface area contributed by atoms with Gasteiger partial charge in [-0.3, -0.25) is 0 Å². The van der Waals surface area contributed by atoms with Gasteiger partial charge in [-0.1, -0.05) is 12.1 Å². The number of nitrogens with zero attached hydrogens (tertiary/aromatic N) is 1. The topological polar surface area (TPSA) is 74.7 Å². The number of carboxylic acid groups (broad SMARTS) is 1. The van der Waals surface area contributed by atoms with Crippen LogP contribution in [0, 0.1) is 5.92 Å². The van der Waals surface area contributed by atoms with Crippen molar-refractivity contribution in [2.24, 2.45) is 5.92 Å². The molecule has 116 valence electrons. The zero-order chi connectivity index (χ0) is 15.6. The Kier molecular flexibility index (Phi) is 4.68. The van der Waals surface area contributed by atoms with Crippen LogP contribution in [0.15, 0.2) is 24.3 Å². The van der Waals surface area contributed by atoms with E-state index in [2.05, 4.69) is 0 Å². The van der Waals surface area contributed by atoms with Crippen molar-refractivity contribution in [3.63, 3.8) is 0 Å². The summed E-state index contributed by atoms with van der Waals surface area (Å²) in [5.41, 5.74) is 1.32. The molecule has 0 aliphatic carbocycles. The van der Waals surface area contributed by atoms with E-state index in [1.54, 1.807) is 30.3 Å². The molecule has 0 spiro atoms. The number of rotatable bonds is 5. The van der Waals surface area contributed by atoms with E-state index in [4.69, 9.17) is 5.11 Å². The first-order valence-electron chi connectivity index (χ1n) is 7.12. The second-order valence-electron chi connectivity index (χ2n) is 5.81. The quantitative estimate of drug-likeness (QED) is 0.902. The van der Waals surface area contributed by atoms with Crippen molar-refractivity contribution in [2.45, 2.75) is 31.9 Å². The minimum absolute atomic E-state index is 0.272. The van der Waals surface area contributed by atoms with Gasteiger partial charge in [-0.25, -0.2) is 17.5 Å². The zero-order valence-electron chi connectivity index (χ0n) is 12.3. The van der Waals surface area contributed by atoms with Crippen LogP contribution in [0.1, 0.15) is 36.2 Å². The van der Waals surface area contributed by atoms with Gasteiger partial charge in [0.15, 0.2) is 0 Å². The fourth-order valence-electron chi connectivity index (χ4n) is 2.61. The van der Waals surface area contributed by atoms with Crippen LogP contribution in [0.25, 0.3) is 0 Å². The fourth-order valence-corrected chi connectivity index (χ4v) is 3.98. The van der Waals surface area contributed by atoms with Gasteiger partial charge in [-0.15, -0.1) is 0 Å². The molecule has 0 bridgehead atoms. The molecule has 0 aromatic heterocycles. The molecule has 1 heterocycles. The number of hydrogen-bond acceptors (Lipinski definition) is 3. The fraction of sp³-hybridized carbons (Fsp3) is 0.533. The smallest absolute Gasteiger partial charge is 0.335 e. The largest absolute Gasteiger partial charge is 0.478 e. The lowest BCUT2D eigenvalue weighted by Crippen LogP contribution is -2.34. The molecule has 21 heavy (non-hydrogen) atoms. The molecule has 1 aromatic carbocycles. The Morgan fingerprint density at radius 1 is 1.33 bits per heavy atom. The van der Waals surface area contributed by atoms with E-state index in [1.807, 2.05) is 12.1 Å². The molecule has 1 unspecified atom stereocenters. The molecule has 1 atom stereocenters. The van der Waals surface area contributed by atoms with Crippen molar-refractivity contribution in [1.82, 2.24) is 4.31 Å². The van der Waals surface area contributed by atoms with Crippen molar-refractivity contribution in [1.29, 1.82) is 0 Å². The Balaban J connectivity index is 1.98. The second kappa shape index (κ2) is 6.15. The standard InChI is InChI=1S/C15H21NO4S/c1-11(2)21(19,20)16-8-7-13(10-16)9-12-3-5-14(6-4-12)15(17)18/h3-6,11,13H,7-10H2,1-2H3,(H,17,18). The lowest BCUT2D eigenvalue weighted by Gasteiger charge is -2.19. The number of carbonyl (C=O) groups is 1. The van der Waals surface area contributed by atoms with Crippen molar-refractivity contribution in [3.8, 4) is 0 Å². The molecular weight excluding hydrogens is 290 g/mol. The molecule has 0 amide bonds. The average Bonchev–Trinajstić information content (AvgIpc) is 2.88. The zero-order valence-corrected chi connectivity index (χ0v) is 13.1. The summed E-state index contributed by atoms with van der Waals surface area (Å²) in [4.78, 5) is 10.8. The van der Waals surface area contributed by atoms with Crippen LogP contribution < -0.4 is 0 Å². The lowest BCUT2D eigenvalue weighted by atomic mass is 9.98. The number of hydrogen-bond donors (Lipinski definition) is 1. The molecule has 1 N–H and O–H groups in total. The van der Waals surface area contributed by atoms with Gasteiger partial charge in [0.25, 0.3) is 0 Å². The monoisotopic (exact) mass is 311 g/mol. The number of aromatic carboxylic acids is 1. The van der Waals surface area contributed by atoms with E-state index in [0.717, 1.165) is 18.4 Å². The first-order valence-corrected chi connectivity index (χ1v) is 8.62. The van der Waals surface area contributed by atoms with E-state index >= 15 is 0 Å². The van der Waals surface area contributed by atoms with Crippen LogP contribution in [0.5, 0.6) is 0 Å². The van der Waals surface area contributed by atoms with Crippen LogP contribution in [-0.4, -0.2) is 42.1 Å². The van der Waals surface area contributed by atoms with Gasteiger partial charge in [0.1, 0.15) is 0 Å². The Bertz CT molecular complexity index is 607. The summed E-state index contributed by atoms with van der Waals surface area (Å²) < 4.78 is 25.8. The van der Waals surface area contributed by atoms with Gasteiger partial charge in [-0.05, 0) is 50.3 Å². The van der Waals surface area contributed by atoms with Gasteiger partial charge in [-0.2, -0.15) is 0 Å². The molecule has 0 radical (unpaired) electrons. The maximum atomic E-state index is 12.1. The van der Waals surface area contributed by atoms with Crippen molar-refractivity contribution in [3.05, 3.63) is 35.4 Å². The Labute approximate surface area is 125 Å². The third-order valence-electron chi connectivity index (χ3n) is 3.93. The average molecular weight is 311 g/mol. The number of benzene rings is 1. The highest BCUT2D eigenvalue weighted by molar-refractivity contribution is 7.89. The predicted molar refractivity (Wildman–Crippen MR) is 80.8 cm³/mol. The highest BCUT2D eigenvalue weighted by Gasteiger charge is 2.33. The first-order chi connectivity index (χ1) is 9.80. The highest BCUT2D eigenvalue weighted by atomic mass is 32.2. The van der Waals surface area contributed by atoms with Crippen LogP contribution in [-0.2, 0) is 16.4 Å². The number of carboxylic acids is 1. The van der Waals surface area contributed by atoms with Crippen LogP contribution in [0.3, 0.4) is 0 Å². The van der Waals surface area contributed by atoms with Gasteiger partial charge in [0.05, 0.1) is 10.8 Å². The maximum absolute atomic E-state index is 12.1. The van der Waals surface area contributed by atoms with E-state index in [1.165, 1.54) is 0 Å². The molecular formula is C15H21NO4S. The predicted octanol–water partition coefficient (Wildman–Crippen LogP) is 1.99. The molecule has 5 nitrogen and oxygen atoms in total. The van der Waals surface area contributed by atoms with Gasteiger partial charge in [0.2, 0.25) is 10.0 Å². The maximum Gasteiger partial charge on any atom is 0.335 e. The first kappa shape index (κ1) is 16.0. The summed E-state index contributed by atoms with van der Waals surface area (Å²) >= 11 is 0. The minimum atomic E-state index is -3.16. The third-order valence-corrected chi connectivity index (χ3v) is 6.17. The van der Waals surface area contributed by atoms with Crippen LogP contribution >= 0.6 is 0 Å². The summed E-state index contributed by atoms with van der Waals surface area (Å²) in [6, 6.07) is 6.80. The second-order valence-corrected chi connectivity index (χ2v) is 8.30. The molecule has 1 aromatic rings. The van der Waals surface area contributed by atoms with Gasteiger partial charge in [0, 0.05) is 13.1 Å². The highest BCUT2D eigenvalue weighted by Crippen LogP contribution is 2.25. The van der Waals surface area contributed by atoms with Crippen LogP contribution in [0.4, 0.5) is 0 Å². The number of sulfonamides is 1. The molecule has 6 heteroatoms. The van der Waals surface area contributed by atoms with E-state index in [-0.39, 0.29) is 10.8 Å². The van der Waals surface area contributed by atoms with Gasteiger partial charge >= 0.3 is 5.97 Å². The third kappa shape index (κ3) is 3.63. The van der Waals surface area contributed by atoms with E-state index in [9.17, 15) is 13.2 Å². The Morgan fingerprint density at radius 2 is 1.95 bits per heavy atom. The molecule has 1 aliphatic rings. The summed E-state index contributed by atoms with van der Waals surface area (Å²) in [5.74, 6) is -0.633.